The fourth-order valence-corrected chi connectivity index (χ4v) is 0.399. The van der Waals surface area contributed by atoms with Gasteiger partial charge in [0.2, 0.25) is 0 Å². The van der Waals surface area contributed by atoms with E-state index in [1.54, 1.807) is 0 Å². The van der Waals surface area contributed by atoms with Crippen LogP contribution in [-0.4, -0.2) is 36.5 Å². The molecule has 0 aliphatic rings. The van der Waals surface area contributed by atoms with E-state index in [0.29, 0.717) is 0 Å². The fourth-order valence-electron chi connectivity index (χ4n) is 0.336. The number of halogens is 1. The molecule has 0 heterocycles. The second kappa shape index (κ2) is 5.35. The molecule has 0 aliphatic carbocycles. The predicted octanol–water partition coefficient (Wildman–Crippen LogP) is 0.122. The highest BCUT2D eigenvalue weighted by atomic mass is 35.5. The molecule has 0 saturated heterocycles. The number of hydrogen-bond acceptors (Lipinski definition) is 4. The number of methoxy groups -OCH3 is 1. The molecule has 0 saturated carbocycles. The molecule has 0 rings (SSSR count). The molecule has 0 aromatic heterocycles. The van der Waals surface area contributed by atoms with Gasteiger partial charge in [0, 0.05) is 7.11 Å². The van der Waals surface area contributed by atoms with Crippen LogP contribution in [0.25, 0.3) is 0 Å². The van der Waals surface area contributed by atoms with Gasteiger partial charge in [0.05, 0.1) is 0 Å². The molecule has 1 N–H and O–H groups in total. The molecule has 0 bridgehead atoms. The third-order valence-electron chi connectivity index (χ3n) is 0.965. The summed E-state index contributed by atoms with van der Waals surface area (Å²) < 4.78 is 8.93. The van der Waals surface area contributed by atoms with Crippen molar-refractivity contribution in [1.29, 1.82) is 0 Å². The molecule has 11 heavy (non-hydrogen) atoms. The molecule has 2 unspecified atom stereocenters. The van der Waals surface area contributed by atoms with Crippen LogP contribution < -0.4 is 0 Å². The van der Waals surface area contributed by atoms with E-state index in [1.165, 1.54) is 14.0 Å². The Labute approximate surface area is 70.1 Å². The first kappa shape index (κ1) is 10.7. The van der Waals surface area contributed by atoms with Gasteiger partial charge in [-0.15, -0.1) is 11.6 Å². The summed E-state index contributed by atoms with van der Waals surface area (Å²) in [6.07, 6.45) is -1.07. The number of hydrogen-bond donors (Lipinski definition) is 1. The van der Waals surface area contributed by atoms with Crippen LogP contribution in [0.2, 0.25) is 0 Å². The topological polar surface area (TPSA) is 55.8 Å². The van der Waals surface area contributed by atoms with Gasteiger partial charge in [0.1, 0.15) is 12.0 Å². The first-order chi connectivity index (χ1) is 5.07. The number of aliphatic hydroxyl groups is 1. The van der Waals surface area contributed by atoms with Crippen LogP contribution >= 0.6 is 11.6 Å². The highest BCUT2D eigenvalue weighted by Gasteiger charge is 2.12. The summed E-state index contributed by atoms with van der Waals surface area (Å²) in [6, 6.07) is 0. The van der Waals surface area contributed by atoms with E-state index < -0.39 is 17.6 Å². The molecule has 5 heteroatoms. The largest absolute Gasteiger partial charge is 0.459 e. The molecule has 0 aromatic rings. The zero-order valence-corrected chi connectivity index (χ0v) is 7.17. The van der Waals surface area contributed by atoms with Gasteiger partial charge in [0.25, 0.3) is 0 Å². The zero-order chi connectivity index (χ0) is 8.85. The summed E-state index contributed by atoms with van der Waals surface area (Å²) >= 11 is 5.36. The fraction of sp³-hybridized carbons (Fsp3) is 0.833. The smallest absolute Gasteiger partial charge is 0.323 e. The van der Waals surface area contributed by atoms with Crippen molar-refractivity contribution in [2.75, 3.05) is 13.7 Å². The maximum Gasteiger partial charge on any atom is 0.323 e. The standard InChI is InChI=1S/C6H11ClO4/c1-4(7)6(9)11-3-5(8)10-2/h4-5,8H,3H2,1-2H3. The summed E-state index contributed by atoms with van der Waals surface area (Å²) in [5.41, 5.74) is 0. The van der Waals surface area contributed by atoms with Gasteiger partial charge in [-0.3, -0.25) is 4.79 Å². The number of carbonyl (C=O) groups is 1. The van der Waals surface area contributed by atoms with Gasteiger partial charge in [-0.1, -0.05) is 0 Å². The molecular formula is C6H11ClO4. The van der Waals surface area contributed by atoms with Gasteiger partial charge < -0.3 is 14.6 Å². The SMILES string of the molecule is COC(O)COC(=O)C(C)Cl. The van der Waals surface area contributed by atoms with Crippen molar-refractivity contribution in [2.45, 2.75) is 18.6 Å². The molecule has 66 valence electrons. The van der Waals surface area contributed by atoms with Gasteiger partial charge >= 0.3 is 5.97 Å². The van der Waals surface area contributed by atoms with Crippen LogP contribution in [0.15, 0.2) is 0 Å². The Kier molecular flexibility index (Phi) is 5.19. The number of alkyl halides is 1. The van der Waals surface area contributed by atoms with Crippen LogP contribution in [0.1, 0.15) is 6.92 Å². The highest BCUT2D eigenvalue weighted by molar-refractivity contribution is 6.29. The van der Waals surface area contributed by atoms with Crippen molar-refractivity contribution >= 4 is 17.6 Å². The van der Waals surface area contributed by atoms with Crippen LogP contribution in [0.3, 0.4) is 0 Å². The van der Waals surface area contributed by atoms with Crippen molar-refractivity contribution in [1.82, 2.24) is 0 Å². The molecular weight excluding hydrogens is 172 g/mol. The van der Waals surface area contributed by atoms with E-state index in [1.807, 2.05) is 0 Å². The first-order valence-electron chi connectivity index (χ1n) is 3.09. The normalized spacial score (nSPS) is 15.6. The Morgan fingerprint density at radius 1 is 1.73 bits per heavy atom. The van der Waals surface area contributed by atoms with E-state index in [9.17, 15) is 4.79 Å². The van der Waals surface area contributed by atoms with Gasteiger partial charge in [-0.05, 0) is 6.92 Å². The van der Waals surface area contributed by atoms with Gasteiger partial charge in [-0.25, -0.2) is 0 Å². The van der Waals surface area contributed by atoms with E-state index in [-0.39, 0.29) is 6.61 Å². The molecule has 2 atom stereocenters. The van der Waals surface area contributed by atoms with Crippen molar-refractivity contribution in [2.24, 2.45) is 0 Å². The van der Waals surface area contributed by atoms with Gasteiger partial charge in [-0.2, -0.15) is 0 Å². The predicted molar refractivity (Wildman–Crippen MR) is 39.3 cm³/mol. The molecule has 0 fully saturated rings. The molecule has 4 nitrogen and oxygen atoms in total. The Balaban J connectivity index is 3.46. The third-order valence-corrected chi connectivity index (χ3v) is 1.14. The van der Waals surface area contributed by atoms with Crippen molar-refractivity contribution in [3.05, 3.63) is 0 Å². The van der Waals surface area contributed by atoms with Gasteiger partial charge in [0.15, 0.2) is 6.29 Å². The third kappa shape index (κ3) is 5.01. The highest BCUT2D eigenvalue weighted by Crippen LogP contribution is 1.97. The maximum atomic E-state index is 10.6. The van der Waals surface area contributed by atoms with E-state index in [0.717, 1.165) is 0 Å². The lowest BCUT2D eigenvalue weighted by atomic mass is 10.5. The lowest BCUT2D eigenvalue weighted by molar-refractivity contribution is -0.159. The van der Waals surface area contributed by atoms with Crippen molar-refractivity contribution in [3.63, 3.8) is 0 Å². The number of aliphatic hydroxyl groups excluding tert-OH is 1. The average molecular weight is 183 g/mol. The summed E-state index contributed by atoms with van der Waals surface area (Å²) in [7, 11) is 1.31. The van der Waals surface area contributed by atoms with Crippen molar-refractivity contribution in [3.8, 4) is 0 Å². The lowest BCUT2D eigenvalue weighted by Gasteiger charge is -2.09. The summed E-state index contributed by atoms with van der Waals surface area (Å²) in [4.78, 5) is 10.6. The summed E-state index contributed by atoms with van der Waals surface area (Å²) in [5, 5.41) is 8.05. The molecule has 0 amide bonds. The van der Waals surface area contributed by atoms with E-state index in [4.69, 9.17) is 16.7 Å². The first-order valence-corrected chi connectivity index (χ1v) is 3.53. The Morgan fingerprint density at radius 2 is 2.27 bits per heavy atom. The quantitative estimate of drug-likeness (QED) is 0.381. The Hall–Kier alpha value is -0.320. The molecule has 0 aliphatic heterocycles. The molecule has 0 spiro atoms. The number of carbonyl (C=O) groups excluding carboxylic acids is 1. The lowest BCUT2D eigenvalue weighted by Crippen LogP contribution is -2.23. The minimum atomic E-state index is -1.07. The van der Waals surface area contributed by atoms with Crippen LogP contribution in [0.4, 0.5) is 0 Å². The Morgan fingerprint density at radius 3 is 2.64 bits per heavy atom. The number of rotatable bonds is 4. The minimum Gasteiger partial charge on any atom is -0.459 e. The molecule has 0 aromatic carbocycles. The van der Waals surface area contributed by atoms with Crippen molar-refractivity contribution < 1.29 is 19.4 Å². The van der Waals surface area contributed by atoms with Crippen LogP contribution in [0.5, 0.6) is 0 Å². The minimum absolute atomic E-state index is 0.188. The van der Waals surface area contributed by atoms with E-state index in [2.05, 4.69) is 9.47 Å². The van der Waals surface area contributed by atoms with Crippen LogP contribution in [-0.2, 0) is 14.3 Å². The van der Waals surface area contributed by atoms with Crippen LogP contribution in [0, 0.1) is 0 Å². The van der Waals surface area contributed by atoms with E-state index >= 15 is 0 Å². The average Bonchev–Trinajstić information content (AvgIpc) is 1.99. The number of ether oxygens (including phenoxy) is 2. The second-order valence-electron chi connectivity index (χ2n) is 1.94. The monoisotopic (exact) mass is 182 g/mol. The number of esters is 1. The Bertz CT molecular complexity index is 126. The summed E-state index contributed by atoms with van der Waals surface area (Å²) in [5.74, 6) is -0.567. The second-order valence-corrected chi connectivity index (χ2v) is 2.59. The zero-order valence-electron chi connectivity index (χ0n) is 6.41. The summed E-state index contributed by atoms with van der Waals surface area (Å²) in [6.45, 7) is 1.30. The molecule has 0 radical (unpaired) electrons. The maximum absolute atomic E-state index is 10.6.